The standard InChI is InChI=1S/C26H35NO2/c1-4-6-7-8-9-10-11-20-28-25-17-14-23(15-18-25)12-13-24-16-19-26(27-21-24)29-22(3)5-2/h14-19,21-22H,4-11,20H2,1-3H3/t22-/m0/s1. The molecule has 2 rings (SSSR count). The van der Waals surface area contributed by atoms with E-state index in [1.807, 2.05) is 43.3 Å². The molecule has 1 aromatic heterocycles. The van der Waals surface area contributed by atoms with E-state index in [0.717, 1.165) is 36.3 Å². The van der Waals surface area contributed by atoms with Gasteiger partial charge in [-0.3, -0.25) is 0 Å². The summed E-state index contributed by atoms with van der Waals surface area (Å²) in [6, 6.07) is 11.8. The molecule has 0 bridgehead atoms. The molecule has 1 atom stereocenters. The molecule has 0 aliphatic carbocycles. The van der Waals surface area contributed by atoms with E-state index in [4.69, 9.17) is 9.47 Å². The minimum absolute atomic E-state index is 0.172. The highest BCUT2D eigenvalue weighted by Gasteiger charge is 2.01. The van der Waals surface area contributed by atoms with Crippen molar-refractivity contribution in [1.82, 2.24) is 4.98 Å². The molecule has 1 aromatic carbocycles. The number of hydrogen-bond donors (Lipinski definition) is 0. The minimum atomic E-state index is 0.172. The fraction of sp³-hybridized carbons (Fsp3) is 0.500. The number of benzene rings is 1. The fourth-order valence-corrected chi connectivity index (χ4v) is 2.84. The van der Waals surface area contributed by atoms with Crippen LogP contribution in [0.3, 0.4) is 0 Å². The third kappa shape index (κ3) is 9.52. The summed E-state index contributed by atoms with van der Waals surface area (Å²) < 4.78 is 11.5. The molecule has 0 saturated carbocycles. The van der Waals surface area contributed by atoms with Crippen molar-refractivity contribution in [3.63, 3.8) is 0 Å². The maximum absolute atomic E-state index is 5.83. The van der Waals surface area contributed by atoms with Gasteiger partial charge in [-0.15, -0.1) is 0 Å². The summed E-state index contributed by atoms with van der Waals surface area (Å²) in [6.45, 7) is 7.17. The van der Waals surface area contributed by atoms with E-state index in [1.54, 1.807) is 6.20 Å². The van der Waals surface area contributed by atoms with Crippen molar-refractivity contribution < 1.29 is 9.47 Å². The van der Waals surface area contributed by atoms with Gasteiger partial charge in [-0.1, -0.05) is 64.2 Å². The molecule has 156 valence electrons. The van der Waals surface area contributed by atoms with E-state index in [2.05, 4.69) is 30.7 Å². The van der Waals surface area contributed by atoms with Crippen molar-refractivity contribution in [1.29, 1.82) is 0 Å². The third-order valence-electron chi connectivity index (χ3n) is 4.86. The van der Waals surface area contributed by atoms with Gasteiger partial charge >= 0.3 is 0 Å². The number of rotatable bonds is 12. The first-order chi connectivity index (χ1) is 14.2. The number of unbranched alkanes of at least 4 members (excludes halogenated alkanes) is 6. The second-order valence-corrected chi connectivity index (χ2v) is 7.47. The highest BCUT2D eigenvalue weighted by molar-refractivity contribution is 5.44. The summed E-state index contributed by atoms with van der Waals surface area (Å²) in [4.78, 5) is 4.32. The summed E-state index contributed by atoms with van der Waals surface area (Å²) in [5.74, 6) is 7.88. The maximum Gasteiger partial charge on any atom is 0.213 e. The van der Waals surface area contributed by atoms with Gasteiger partial charge in [0.1, 0.15) is 5.75 Å². The molecule has 0 fully saturated rings. The number of pyridine rings is 1. The van der Waals surface area contributed by atoms with Crippen LogP contribution in [0.2, 0.25) is 0 Å². The fourth-order valence-electron chi connectivity index (χ4n) is 2.84. The van der Waals surface area contributed by atoms with Gasteiger partial charge in [0.15, 0.2) is 0 Å². The lowest BCUT2D eigenvalue weighted by Crippen LogP contribution is -2.10. The topological polar surface area (TPSA) is 31.4 Å². The Morgan fingerprint density at radius 3 is 2.14 bits per heavy atom. The van der Waals surface area contributed by atoms with Gasteiger partial charge in [-0.2, -0.15) is 0 Å². The van der Waals surface area contributed by atoms with Gasteiger partial charge < -0.3 is 9.47 Å². The van der Waals surface area contributed by atoms with E-state index >= 15 is 0 Å². The molecule has 29 heavy (non-hydrogen) atoms. The number of nitrogens with zero attached hydrogens (tertiary/aromatic N) is 1. The molecular formula is C26H35NO2. The highest BCUT2D eigenvalue weighted by Crippen LogP contribution is 2.14. The predicted molar refractivity (Wildman–Crippen MR) is 121 cm³/mol. The van der Waals surface area contributed by atoms with Crippen LogP contribution in [0.1, 0.15) is 83.3 Å². The maximum atomic E-state index is 5.83. The van der Waals surface area contributed by atoms with E-state index in [0.29, 0.717) is 5.88 Å². The molecule has 0 aliphatic rings. The highest BCUT2D eigenvalue weighted by atomic mass is 16.5. The van der Waals surface area contributed by atoms with Crippen LogP contribution in [0.15, 0.2) is 42.6 Å². The lowest BCUT2D eigenvalue weighted by atomic mass is 10.1. The quantitative estimate of drug-likeness (QED) is 0.294. The zero-order valence-corrected chi connectivity index (χ0v) is 18.2. The summed E-state index contributed by atoms with van der Waals surface area (Å²) in [5, 5.41) is 0. The van der Waals surface area contributed by atoms with E-state index in [9.17, 15) is 0 Å². The number of hydrogen-bond acceptors (Lipinski definition) is 3. The molecule has 0 unspecified atom stereocenters. The monoisotopic (exact) mass is 393 g/mol. The number of ether oxygens (including phenoxy) is 2. The average molecular weight is 394 g/mol. The van der Waals surface area contributed by atoms with Crippen LogP contribution < -0.4 is 9.47 Å². The molecule has 0 N–H and O–H groups in total. The van der Waals surface area contributed by atoms with Crippen molar-refractivity contribution >= 4 is 0 Å². The Morgan fingerprint density at radius 1 is 0.828 bits per heavy atom. The van der Waals surface area contributed by atoms with Crippen LogP contribution >= 0.6 is 0 Å². The first-order valence-corrected chi connectivity index (χ1v) is 11.1. The summed E-state index contributed by atoms with van der Waals surface area (Å²) >= 11 is 0. The largest absolute Gasteiger partial charge is 0.494 e. The van der Waals surface area contributed by atoms with Gasteiger partial charge in [0.05, 0.1) is 12.7 Å². The van der Waals surface area contributed by atoms with Gasteiger partial charge in [0.25, 0.3) is 0 Å². The molecule has 0 spiro atoms. The van der Waals surface area contributed by atoms with Crippen molar-refractivity contribution in [3.8, 4) is 23.5 Å². The molecule has 1 heterocycles. The Hall–Kier alpha value is -2.47. The van der Waals surface area contributed by atoms with Crippen molar-refractivity contribution in [2.75, 3.05) is 6.61 Å². The van der Waals surface area contributed by atoms with Crippen molar-refractivity contribution in [2.45, 2.75) is 78.2 Å². The molecule has 0 radical (unpaired) electrons. The second kappa shape index (κ2) is 13.7. The Kier molecular flexibility index (Phi) is 10.7. The normalized spacial score (nSPS) is 11.4. The van der Waals surface area contributed by atoms with Crippen LogP contribution in [0, 0.1) is 11.8 Å². The Bertz CT molecular complexity index is 741. The van der Waals surface area contributed by atoms with Crippen LogP contribution in [0.25, 0.3) is 0 Å². The average Bonchev–Trinajstić information content (AvgIpc) is 2.76. The molecule has 2 aromatic rings. The van der Waals surface area contributed by atoms with E-state index in [-0.39, 0.29) is 6.10 Å². The van der Waals surface area contributed by atoms with Crippen molar-refractivity contribution in [2.24, 2.45) is 0 Å². The number of aromatic nitrogens is 1. The lowest BCUT2D eigenvalue weighted by molar-refractivity contribution is 0.208. The Labute approximate surface area is 176 Å². The summed E-state index contributed by atoms with van der Waals surface area (Å²) in [7, 11) is 0. The zero-order chi connectivity index (χ0) is 20.7. The molecule has 3 nitrogen and oxygen atoms in total. The first kappa shape index (κ1) is 22.8. The minimum Gasteiger partial charge on any atom is -0.494 e. The smallest absolute Gasteiger partial charge is 0.213 e. The van der Waals surface area contributed by atoms with Gasteiger partial charge in [-0.25, -0.2) is 4.98 Å². The van der Waals surface area contributed by atoms with Gasteiger partial charge in [0.2, 0.25) is 5.88 Å². The lowest BCUT2D eigenvalue weighted by Gasteiger charge is -2.10. The van der Waals surface area contributed by atoms with Gasteiger partial charge in [-0.05, 0) is 50.1 Å². The first-order valence-electron chi connectivity index (χ1n) is 11.1. The molecule has 0 aliphatic heterocycles. The Balaban J connectivity index is 1.72. The van der Waals surface area contributed by atoms with Crippen LogP contribution in [0.4, 0.5) is 0 Å². The molecule has 0 amide bonds. The second-order valence-electron chi connectivity index (χ2n) is 7.47. The summed E-state index contributed by atoms with van der Waals surface area (Å²) in [6.07, 6.45) is 12.0. The van der Waals surface area contributed by atoms with Crippen LogP contribution in [-0.2, 0) is 0 Å². The molecule has 0 saturated heterocycles. The SMILES string of the molecule is CCCCCCCCCOc1ccc(C#Cc2ccc(O[C@@H](C)CC)nc2)cc1. The predicted octanol–water partition coefficient (Wildman–Crippen LogP) is 6.79. The van der Waals surface area contributed by atoms with Crippen LogP contribution in [-0.4, -0.2) is 17.7 Å². The van der Waals surface area contributed by atoms with E-state index in [1.165, 1.54) is 38.5 Å². The zero-order valence-electron chi connectivity index (χ0n) is 18.2. The summed E-state index contributed by atoms with van der Waals surface area (Å²) in [5.41, 5.74) is 1.84. The van der Waals surface area contributed by atoms with Crippen LogP contribution in [0.5, 0.6) is 11.6 Å². The molecular weight excluding hydrogens is 358 g/mol. The molecule has 3 heteroatoms. The van der Waals surface area contributed by atoms with Crippen molar-refractivity contribution in [3.05, 3.63) is 53.7 Å². The Morgan fingerprint density at radius 2 is 1.48 bits per heavy atom. The van der Waals surface area contributed by atoms with E-state index < -0.39 is 0 Å². The van der Waals surface area contributed by atoms with Gasteiger partial charge in [0, 0.05) is 23.4 Å². The third-order valence-corrected chi connectivity index (χ3v) is 4.86.